The third kappa shape index (κ3) is 2.92. The molecular formula is C20H19N3O5. The second kappa shape index (κ2) is 6.56. The smallest absolute Gasteiger partial charge is 0.325 e. The lowest BCUT2D eigenvalue weighted by atomic mass is 9.91. The number of hydrogen-bond acceptors (Lipinski definition) is 5. The van der Waals surface area contributed by atoms with Gasteiger partial charge in [0.05, 0.1) is 6.54 Å². The highest BCUT2D eigenvalue weighted by Crippen LogP contribution is 2.37. The molecule has 1 unspecified atom stereocenters. The minimum Gasteiger partial charge on any atom is -0.486 e. The molecule has 2 aliphatic rings. The monoisotopic (exact) mass is 381 g/mol. The largest absolute Gasteiger partial charge is 0.486 e. The van der Waals surface area contributed by atoms with Crippen molar-refractivity contribution in [3.05, 3.63) is 59.2 Å². The van der Waals surface area contributed by atoms with Crippen molar-refractivity contribution in [3.63, 3.8) is 0 Å². The Morgan fingerprint density at radius 3 is 2.46 bits per heavy atom. The fourth-order valence-corrected chi connectivity index (χ4v) is 3.35. The van der Waals surface area contributed by atoms with Crippen LogP contribution in [0, 0.1) is 0 Å². The minimum atomic E-state index is -1.21. The first-order valence-electron chi connectivity index (χ1n) is 8.81. The van der Waals surface area contributed by atoms with Crippen LogP contribution in [0.1, 0.15) is 28.4 Å². The van der Waals surface area contributed by atoms with Crippen LogP contribution in [0.2, 0.25) is 0 Å². The number of nitrogens with one attached hydrogen (secondary N) is 1. The average molecular weight is 381 g/mol. The Bertz CT molecular complexity index is 972. The molecule has 0 spiro atoms. The molecule has 0 radical (unpaired) electrons. The number of imide groups is 1. The molecule has 8 heteroatoms. The standard InChI is InChI=1S/C20H19N3O5/c1-20(14-6-7-15-16(10-14)28-9-8-27-15)18(25)23(19(26)22-20)11-12-2-4-13(5-3-12)17(21)24/h2-7,10H,8-9,11H2,1H3,(H2,21,24)(H,22,26). The Morgan fingerprint density at radius 1 is 1.11 bits per heavy atom. The van der Waals surface area contributed by atoms with Gasteiger partial charge in [-0.05, 0) is 42.3 Å². The van der Waals surface area contributed by atoms with Gasteiger partial charge in [0, 0.05) is 5.56 Å². The molecule has 1 saturated heterocycles. The van der Waals surface area contributed by atoms with Gasteiger partial charge >= 0.3 is 6.03 Å². The maximum absolute atomic E-state index is 13.1. The molecule has 2 aliphatic heterocycles. The first-order chi connectivity index (χ1) is 13.4. The lowest BCUT2D eigenvalue weighted by Crippen LogP contribution is -2.41. The summed E-state index contributed by atoms with van der Waals surface area (Å²) in [4.78, 5) is 37.9. The van der Waals surface area contributed by atoms with Crippen molar-refractivity contribution in [1.29, 1.82) is 0 Å². The molecule has 8 nitrogen and oxygen atoms in total. The summed E-state index contributed by atoms with van der Waals surface area (Å²) in [5.74, 6) is 0.259. The van der Waals surface area contributed by atoms with Gasteiger partial charge in [0.2, 0.25) is 5.91 Å². The molecule has 0 aromatic heterocycles. The van der Waals surface area contributed by atoms with Crippen LogP contribution in [0.25, 0.3) is 0 Å². The van der Waals surface area contributed by atoms with Gasteiger partial charge in [-0.2, -0.15) is 0 Å². The van der Waals surface area contributed by atoms with E-state index in [4.69, 9.17) is 15.2 Å². The second-order valence-electron chi connectivity index (χ2n) is 6.87. The van der Waals surface area contributed by atoms with Gasteiger partial charge in [-0.15, -0.1) is 0 Å². The quantitative estimate of drug-likeness (QED) is 0.780. The van der Waals surface area contributed by atoms with E-state index in [0.29, 0.717) is 41.4 Å². The normalized spacial score (nSPS) is 20.8. The van der Waals surface area contributed by atoms with E-state index in [0.717, 1.165) is 4.90 Å². The van der Waals surface area contributed by atoms with Crippen LogP contribution in [0.5, 0.6) is 11.5 Å². The molecule has 28 heavy (non-hydrogen) atoms. The summed E-state index contributed by atoms with van der Waals surface area (Å²) in [6, 6.07) is 11.2. The molecule has 4 rings (SSSR count). The van der Waals surface area contributed by atoms with Gasteiger partial charge in [-0.25, -0.2) is 4.79 Å². The van der Waals surface area contributed by atoms with E-state index in [1.165, 1.54) is 0 Å². The molecule has 2 aromatic rings. The van der Waals surface area contributed by atoms with Crippen LogP contribution < -0.4 is 20.5 Å². The summed E-state index contributed by atoms with van der Waals surface area (Å²) >= 11 is 0. The van der Waals surface area contributed by atoms with Crippen LogP contribution >= 0.6 is 0 Å². The number of fused-ring (bicyclic) bond motifs is 1. The average Bonchev–Trinajstić information content (AvgIpc) is 2.92. The molecule has 3 N–H and O–H groups in total. The van der Waals surface area contributed by atoms with Crippen molar-refractivity contribution in [2.45, 2.75) is 19.0 Å². The number of hydrogen-bond donors (Lipinski definition) is 2. The molecule has 0 bridgehead atoms. The zero-order chi connectivity index (χ0) is 19.9. The Hall–Kier alpha value is -3.55. The molecular weight excluding hydrogens is 362 g/mol. The number of benzene rings is 2. The van der Waals surface area contributed by atoms with Gasteiger partial charge in [0.25, 0.3) is 5.91 Å². The highest BCUT2D eigenvalue weighted by atomic mass is 16.6. The highest BCUT2D eigenvalue weighted by Gasteiger charge is 2.49. The van der Waals surface area contributed by atoms with E-state index in [2.05, 4.69) is 5.32 Å². The molecule has 2 heterocycles. The topological polar surface area (TPSA) is 111 Å². The number of nitrogens with zero attached hydrogens (tertiary/aromatic N) is 1. The maximum Gasteiger partial charge on any atom is 0.325 e. The molecule has 144 valence electrons. The summed E-state index contributed by atoms with van der Waals surface area (Å²) < 4.78 is 11.1. The van der Waals surface area contributed by atoms with E-state index in [1.54, 1.807) is 49.4 Å². The Kier molecular flexibility index (Phi) is 4.18. The first kappa shape index (κ1) is 17.8. The maximum atomic E-state index is 13.1. The Labute approximate surface area is 161 Å². The number of amides is 4. The Morgan fingerprint density at radius 2 is 1.79 bits per heavy atom. The number of carbonyl (C=O) groups is 3. The van der Waals surface area contributed by atoms with Crippen molar-refractivity contribution < 1.29 is 23.9 Å². The van der Waals surface area contributed by atoms with Crippen LogP contribution in [0.4, 0.5) is 4.79 Å². The van der Waals surface area contributed by atoms with Crippen LogP contribution in [0.3, 0.4) is 0 Å². The number of primary amides is 1. The van der Waals surface area contributed by atoms with Gasteiger partial charge < -0.3 is 20.5 Å². The minimum absolute atomic E-state index is 0.0872. The summed E-state index contributed by atoms with van der Waals surface area (Å²) in [6.07, 6.45) is 0. The molecule has 1 atom stereocenters. The number of carbonyl (C=O) groups excluding carboxylic acids is 3. The predicted molar refractivity (Wildman–Crippen MR) is 98.8 cm³/mol. The van der Waals surface area contributed by atoms with Crippen LogP contribution in [-0.2, 0) is 16.9 Å². The zero-order valence-corrected chi connectivity index (χ0v) is 15.2. The molecule has 0 aliphatic carbocycles. The molecule has 4 amide bonds. The lowest BCUT2D eigenvalue weighted by molar-refractivity contribution is -0.131. The van der Waals surface area contributed by atoms with Gasteiger partial charge in [-0.1, -0.05) is 18.2 Å². The molecule has 2 aromatic carbocycles. The summed E-state index contributed by atoms with van der Waals surface area (Å²) in [5.41, 5.74) is 5.71. The van der Waals surface area contributed by atoms with Gasteiger partial charge in [0.15, 0.2) is 11.5 Å². The van der Waals surface area contributed by atoms with E-state index >= 15 is 0 Å². The summed E-state index contributed by atoms with van der Waals surface area (Å²) in [6.45, 7) is 2.65. The van der Waals surface area contributed by atoms with Crippen molar-refractivity contribution in [2.75, 3.05) is 13.2 Å². The fraction of sp³-hybridized carbons (Fsp3) is 0.250. The third-order valence-electron chi connectivity index (χ3n) is 4.97. The van der Waals surface area contributed by atoms with Gasteiger partial charge in [0.1, 0.15) is 18.8 Å². The van der Waals surface area contributed by atoms with Crippen LogP contribution in [-0.4, -0.2) is 36.0 Å². The van der Waals surface area contributed by atoms with E-state index in [9.17, 15) is 14.4 Å². The predicted octanol–water partition coefficient (Wildman–Crippen LogP) is 1.52. The van der Waals surface area contributed by atoms with Crippen molar-refractivity contribution >= 4 is 17.8 Å². The number of ether oxygens (including phenoxy) is 2. The molecule has 1 fully saturated rings. The SMILES string of the molecule is CC1(c2ccc3c(c2)OCCO3)NC(=O)N(Cc2ccc(C(N)=O)cc2)C1=O. The van der Waals surface area contributed by atoms with Crippen molar-refractivity contribution in [1.82, 2.24) is 10.2 Å². The van der Waals surface area contributed by atoms with E-state index in [1.807, 2.05) is 0 Å². The number of nitrogens with two attached hydrogens (primary N) is 1. The third-order valence-corrected chi connectivity index (χ3v) is 4.97. The van der Waals surface area contributed by atoms with Crippen LogP contribution in [0.15, 0.2) is 42.5 Å². The number of urea groups is 1. The van der Waals surface area contributed by atoms with Crippen molar-refractivity contribution in [3.8, 4) is 11.5 Å². The summed E-state index contributed by atoms with van der Waals surface area (Å²) in [5, 5.41) is 2.77. The van der Waals surface area contributed by atoms with E-state index in [-0.39, 0.29) is 12.5 Å². The van der Waals surface area contributed by atoms with Gasteiger partial charge in [-0.3, -0.25) is 14.5 Å². The molecule has 0 saturated carbocycles. The Balaban J connectivity index is 1.58. The highest BCUT2D eigenvalue weighted by molar-refractivity contribution is 6.07. The first-order valence-corrected chi connectivity index (χ1v) is 8.81. The fourth-order valence-electron chi connectivity index (χ4n) is 3.35. The van der Waals surface area contributed by atoms with E-state index < -0.39 is 17.5 Å². The number of rotatable bonds is 4. The lowest BCUT2D eigenvalue weighted by Gasteiger charge is -2.25. The second-order valence-corrected chi connectivity index (χ2v) is 6.87. The summed E-state index contributed by atoms with van der Waals surface area (Å²) in [7, 11) is 0. The van der Waals surface area contributed by atoms with Crippen molar-refractivity contribution in [2.24, 2.45) is 5.73 Å². The zero-order valence-electron chi connectivity index (χ0n) is 15.2.